The number of benzene rings is 1. The maximum atomic E-state index is 12.6. The van der Waals surface area contributed by atoms with Gasteiger partial charge in [0.1, 0.15) is 18.3 Å². The summed E-state index contributed by atoms with van der Waals surface area (Å²) in [6.07, 6.45) is -4.51. The minimum atomic E-state index is -4.53. The molecular weight excluding hydrogens is 381 g/mol. The molecule has 0 saturated carbocycles. The summed E-state index contributed by atoms with van der Waals surface area (Å²) in [5.41, 5.74) is -0.118. The van der Waals surface area contributed by atoms with Gasteiger partial charge in [-0.1, -0.05) is 18.2 Å². The molecule has 2 amide bonds. The van der Waals surface area contributed by atoms with E-state index in [1.807, 2.05) is 0 Å². The number of halogens is 3. The second kappa shape index (κ2) is 7.33. The van der Waals surface area contributed by atoms with E-state index in [1.165, 1.54) is 0 Å². The van der Waals surface area contributed by atoms with Crippen LogP contribution in [0.1, 0.15) is 27.4 Å². The van der Waals surface area contributed by atoms with E-state index in [9.17, 15) is 27.6 Å². The number of likely N-dealkylation sites (tertiary alicyclic amines) is 1. The molecule has 11 heteroatoms. The van der Waals surface area contributed by atoms with Crippen LogP contribution in [0.25, 0.3) is 5.69 Å². The summed E-state index contributed by atoms with van der Waals surface area (Å²) < 4.78 is 38.6. The first kappa shape index (κ1) is 19.4. The van der Waals surface area contributed by atoms with E-state index in [4.69, 9.17) is 5.11 Å². The topological polar surface area (TPSA) is 105 Å². The SMILES string of the molecule is O=C(O)c1cc(C(=O)NC2CCN(CC(F)(F)F)C2=O)n(-c2ccccc2)n1. The van der Waals surface area contributed by atoms with Gasteiger partial charge < -0.3 is 15.3 Å². The molecule has 2 aromatic rings. The van der Waals surface area contributed by atoms with Crippen molar-refractivity contribution in [1.82, 2.24) is 20.0 Å². The third-order valence-corrected chi connectivity index (χ3v) is 4.13. The molecule has 1 aromatic carbocycles. The number of nitrogens with one attached hydrogen (secondary N) is 1. The van der Waals surface area contributed by atoms with Gasteiger partial charge in [-0.15, -0.1) is 0 Å². The molecule has 3 rings (SSSR count). The molecule has 2 heterocycles. The third-order valence-electron chi connectivity index (χ3n) is 4.13. The van der Waals surface area contributed by atoms with Crippen molar-refractivity contribution in [2.75, 3.05) is 13.1 Å². The van der Waals surface area contributed by atoms with Gasteiger partial charge in [-0.3, -0.25) is 9.59 Å². The Morgan fingerprint density at radius 3 is 2.54 bits per heavy atom. The van der Waals surface area contributed by atoms with E-state index < -0.39 is 36.5 Å². The number of nitrogens with zero attached hydrogens (tertiary/aromatic N) is 3. The number of para-hydroxylation sites is 1. The summed E-state index contributed by atoms with van der Waals surface area (Å²) in [6, 6.07) is 8.16. The third kappa shape index (κ3) is 4.13. The Morgan fingerprint density at radius 1 is 1.25 bits per heavy atom. The Morgan fingerprint density at radius 2 is 1.93 bits per heavy atom. The van der Waals surface area contributed by atoms with Gasteiger partial charge in [0, 0.05) is 12.6 Å². The van der Waals surface area contributed by atoms with Crippen LogP contribution in [0.4, 0.5) is 13.2 Å². The van der Waals surface area contributed by atoms with Crippen LogP contribution >= 0.6 is 0 Å². The van der Waals surface area contributed by atoms with Crippen LogP contribution in [0, 0.1) is 0 Å². The number of aromatic nitrogens is 2. The molecule has 148 valence electrons. The quantitative estimate of drug-likeness (QED) is 0.796. The summed E-state index contributed by atoms with van der Waals surface area (Å²) in [6.45, 7) is -1.52. The van der Waals surface area contributed by atoms with Crippen LogP contribution in [0.5, 0.6) is 0 Å². The Bertz CT molecular complexity index is 911. The number of carbonyl (C=O) groups is 3. The first-order chi connectivity index (χ1) is 13.2. The van der Waals surface area contributed by atoms with Crippen molar-refractivity contribution < 1.29 is 32.7 Å². The Labute approximate surface area is 156 Å². The van der Waals surface area contributed by atoms with E-state index in [0.717, 1.165) is 10.7 Å². The van der Waals surface area contributed by atoms with Gasteiger partial charge in [-0.25, -0.2) is 9.48 Å². The zero-order valence-electron chi connectivity index (χ0n) is 14.3. The van der Waals surface area contributed by atoms with E-state index in [-0.39, 0.29) is 24.4 Å². The normalized spacial score (nSPS) is 17.0. The number of aromatic carboxylic acids is 1. The molecule has 1 aliphatic rings. The zero-order chi connectivity index (χ0) is 20.5. The molecule has 0 aliphatic carbocycles. The van der Waals surface area contributed by atoms with Crippen molar-refractivity contribution in [3.05, 3.63) is 47.8 Å². The van der Waals surface area contributed by atoms with Gasteiger partial charge in [0.05, 0.1) is 5.69 Å². The highest BCUT2D eigenvalue weighted by atomic mass is 19.4. The molecule has 0 spiro atoms. The van der Waals surface area contributed by atoms with Crippen LogP contribution in [-0.4, -0.2) is 62.9 Å². The first-order valence-electron chi connectivity index (χ1n) is 8.21. The standard InChI is InChI=1S/C17H15F3N4O4/c18-17(19,20)9-23-7-6-11(15(23)26)21-14(25)13-8-12(16(27)28)22-24(13)10-4-2-1-3-5-10/h1-5,8,11H,6-7,9H2,(H,21,25)(H,27,28). The second-order valence-corrected chi connectivity index (χ2v) is 6.16. The monoisotopic (exact) mass is 396 g/mol. The number of carbonyl (C=O) groups excluding carboxylic acids is 2. The fourth-order valence-corrected chi connectivity index (χ4v) is 2.89. The van der Waals surface area contributed by atoms with E-state index in [1.54, 1.807) is 30.3 Å². The second-order valence-electron chi connectivity index (χ2n) is 6.16. The molecule has 1 fully saturated rings. The fraction of sp³-hybridized carbons (Fsp3) is 0.294. The molecular formula is C17H15F3N4O4. The number of carboxylic acid groups (broad SMARTS) is 1. The Balaban J connectivity index is 1.81. The summed E-state index contributed by atoms with van der Waals surface area (Å²) in [7, 11) is 0. The van der Waals surface area contributed by atoms with Gasteiger partial charge in [-0.2, -0.15) is 18.3 Å². The van der Waals surface area contributed by atoms with Crippen LogP contribution in [0.15, 0.2) is 36.4 Å². The van der Waals surface area contributed by atoms with E-state index in [2.05, 4.69) is 10.4 Å². The molecule has 8 nitrogen and oxygen atoms in total. The lowest BCUT2D eigenvalue weighted by molar-refractivity contribution is -0.157. The molecule has 2 N–H and O–H groups in total. The van der Waals surface area contributed by atoms with Crippen LogP contribution < -0.4 is 5.32 Å². The predicted molar refractivity (Wildman–Crippen MR) is 89.0 cm³/mol. The van der Waals surface area contributed by atoms with Crippen LogP contribution in [-0.2, 0) is 4.79 Å². The lowest BCUT2D eigenvalue weighted by Gasteiger charge is -2.18. The highest BCUT2D eigenvalue weighted by Gasteiger charge is 2.40. The summed E-state index contributed by atoms with van der Waals surface area (Å²) in [5, 5.41) is 15.4. The highest BCUT2D eigenvalue weighted by molar-refractivity contribution is 5.99. The lowest BCUT2D eigenvalue weighted by Crippen LogP contribution is -2.44. The fourth-order valence-electron chi connectivity index (χ4n) is 2.89. The average molecular weight is 396 g/mol. The van der Waals surface area contributed by atoms with Crippen molar-refractivity contribution in [1.29, 1.82) is 0 Å². The molecule has 0 radical (unpaired) electrons. The van der Waals surface area contributed by atoms with E-state index in [0.29, 0.717) is 10.6 Å². The molecule has 1 aliphatic heterocycles. The van der Waals surface area contributed by atoms with Gasteiger partial charge in [0.15, 0.2) is 5.69 Å². The maximum absolute atomic E-state index is 12.6. The van der Waals surface area contributed by atoms with Crippen molar-refractivity contribution in [3.8, 4) is 5.69 Å². The van der Waals surface area contributed by atoms with E-state index >= 15 is 0 Å². The minimum Gasteiger partial charge on any atom is -0.476 e. The van der Waals surface area contributed by atoms with Crippen LogP contribution in [0.2, 0.25) is 0 Å². The zero-order valence-corrected chi connectivity index (χ0v) is 14.3. The maximum Gasteiger partial charge on any atom is 0.406 e. The van der Waals surface area contributed by atoms with Gasteiger partial charge in [0.25, 0.3) is 5.91 Å². The Hall–Kier alpha value is -3.37. The summed E-state index contributed by atoms with van der Waals surface area (Å²) in [5.74, 6) is -3.00. The van der Waals surface area contributed by atoms with Crippen LogP contribution in [0.3, 0.4) is 0 Å². The largest absolute Gasteiger partial charge is 0.476 e. The molecule has 0 bridgehead atoms. The number of carboxylic acids is 1. The van der Waals surface area contributed by atoms with Crippen molar-refractivity contribution in [2.45, 2.75) is 18.6 Å². The van der Waals surface area contributed by atoms with Crippen molar-refractivity contribution >= 4 is 17.8 Å². The number of hydrogen-bond donors (Lipinski definition) is 2. The number of rotatable bonds is 5. The number of alkyl halides is 3. The molecule has 1 atom stereocenters. The first-order valence-corrected chi connectivity index (χ1v) is 8.21. The number of amides is 2. The van der Waals surface area contributed by atoms with Gasteiger partial charge >= 0.3 is 12.1 Å². The summed E-state index contributed by atoms with van der Waals surface area (Å²) in [4.78, 5) is 36.6. The van der Waals surface area contributed by atoms with Crippen molar-refractivity contribution in [2.24, 2.45) is 0 Å². The van der Waals surface area contributed by atoms with Crippen molar-refractivity contribution in [3.63, 3.8) is 0 Å². The van der Waals surface area contributed by atoms with Gasteiger partial charge in [-0.05, 0) is 18.6 Å². The molecule has 1 unspecified atom stereocenters. The summed E-state index contributed by atoms with van der Waals surface area (Å²) >= 11 is 0. The predicted octanol–water partition coefficient (Wildman–Crippen LogP) is 1.46. The molecule has 28 heavy (non-hydrogen) atoms. The minimum absolute atomic E-state index is 0.0198. The highest BCUT2D eigenvalue weighted by Crippen LogP contribution is 2.21. The molecule has 1 aromatic heterocycles. The lowest BCUT2D eigenvalue weighted by atomic mass is 10.2. The molecule has 1 saturated heterocycles. The van der Waals surface area contributed by atoms with Gasteiger partial charge in [0.2, 0.25) is 5.91 Å². The average Bonchev–Trinajstić information content (AvgIpc) is 3.21. The smallest absolute Gasteiger partial charge is 0.406 e. The Kier molecular flexibility index (Phi) is 5.08. The number of hydrogen-bond acceptors (Lipinski definition) is 4.